The van der Waals surface area contributed by atoms with Gasteiger partial charge in [-0.25, -0.2) is 0 Å². The van der Waals surface area contributed by atoms with Crippen LogP contribution >= 0.6 is 0 Å². The van der Waals surface area contributed by atoms with Gasteiger partial charge in [0.1, 0.15) is 5.41 Å². The number of amides is 1. The van der Waals surface area contributed by atoms with Gasteiger partial charge in [-0.1, -0.05) is 0 Å². The Hall–Kier alpha value is -1.06. The summed E-state index contributed by atoms with van der Waals surface area (Å²) >= 11 is 0. The summed E-state index contributed by atoms with van der Waals surface area (Å²) in [5, 5.41) is 11.4. The number of piperidine rings is 1. The van der Waals surface area contributed by atoms with Gasteiger partial charge in [0.15, 0.2) is 0 Å². The molecule has 3 atom stereocenters. The molecule has 3 unspecified atom stereocenters. The number of carboxylic acids is 1. The third-order valence-corrected chi connectivity index (χ3v) is 2.76. The molecule has 0 aromatic heterocycles. The van der Waals surface area contributed by atoms with E-state index in [0.717, 1.165) is 6.42 Å². The Morgan fingerprint density at radius 3 is 2.73 bits per heavy atom. The smallest absolute Gasteiger partial charge is 0.319 e. The van der Waals surface area contributed by atoms with Crippen LogP contribution in [0, 0.1) is 11.3 Å². The van der Waals surface area contributed by atoms with Crippen LogP contribution in [0.2, 0.25) is 0 Å². The van der Waals surface area contributed by atoms with E-state index < -0.39 is 11.4 Å². The van der Waals surface area contributed by atoms with Crippen molar-refractivity contribution >= 4 is 11.9 Å². The number of rotatable bonds is 1. The number of hydrogen-bond acceptors (Lipinski definition) is 2. The predicted octanol–water partition coefficient (Wildman–Crippen LogP) is -0.404. The van der Waals surface area contributed by atoms with Crippen LogP contribution in [0.15, 0.2) is 0 Å². The van der Waals surface area contributed by atoms with Gasteiger partial charge in [-0.15, -0.1) is 0 Å². The molecule has 0 aromatic rings. The summed E-state index contributed by atoms with van der Waals surface area (Å²) in [5.41, 5.74) is -1.15. The number of carboxylic acid groups (broad SMARTS) is 1. The highest BCUT2D eigenvalue weighted by Crippen LogP contribution is 2.51. The first-order valence-corrected chi connectivity index (χ1v) is 3.61. The minimum absolute atomic E-state index is 0.0347. The van der Waals surface area contributed by atoms with Crippen molar-refractivity contribution in [3.63, 3.8) is 0 Å². The number of nitrogens with one attached hydrogen (secondary N) is 1. The molecule has 4 nitrogen and oxygen atoms in total. The van der Waals surface area contributed by atoms with E-state index in [0.29, 0.717) is 0 Å². The monoisotopic (exact) mass is 155 g/mol. The van der Waals surface area contributed by atoms with Gasteiger partial charge >= 0.3 is 5.97 Å². The van der Waals surface area contributed by atoms with E-state index in [1.54, 1.807) is 0 Å². The number of fused-ring (bicyclic) bond motifs is 1. The number of aliphatic carboxylic acids is 1. The van der Waals surface area contributed by atoms with Gasteiger partial charge in [-0.05, 0) is 13.3 Å². The SMILES string of the molecule is CC1(C(=O)O)C(=O)NC2CC21. The maximum absolute atomic E-state index is 11.1. The summed E-state index contributed by atoms with van der Waals surface area (Å²) in [6, 6.07) is 0.142. The molecule has 4 heteroatoms. The molecule has 2 aliphatic rings. The second-order valence-electron chi connectivity index (χ2n) is 3.43. The summed E-state index contributed by atoms with van der Waals surface area (Å²) in [6.07, 6.45) is 0.828. The molecular formula is C7H9NO3. The minimum Gasteiger partial charge on any atom is -0.480 e. The minimum atomic E-state index is -1.15. The number of hydrogen-bond donors (Lipinski definition) is 2. The zero-order valence-electron chi connectivity index (χ0n) is 6.13. The van der Waals surface area contributed by atoms with Gasteiger partial charge in [0.05, 0.1) is 0 Å². The van der Waals surface area contributed by atoms with E-state index in [1.807, 2.05) is 0 Å². The number of carbonyl (C=O) groups excluding carboxylic acids is 1. The fourth-order valence-corrected chi connectivity index (χ4v) is 1.74. The van der Waals surface area contributed by atoms with Crippen LogP contribution in [0.25, 0.3) is 0 Å². The summed E-state index contributed by atoms with van der Waals surface area (Å²) in [5.74, 6) is -1.29. The average Bonchev–Trinajstić information content (AvgIpc) is 2.60. The van der Waals surface area contributed by atoms with Crippen molar-refractivity contribution in [2.45, 2.75) is 19.4 Å². The summed E-state index contributed by atoms with van der Waals surface area (Å²) < 4.78 is 0. The van der Waals surface area contributed by atoms with E-state index in [-0.39, 0.29) is 17.9 Å². The first-order chi connectivity index (χ1) is 5.06. The molecule has 2 fully saturated rings. The molecule has 1 saturated carbocycles. The van der Waals surface area contributed by atoms with E-state index in [9.17, 15) is 9.59 Å². The van der Waals surface area contributed by atoms with Crippen molar-refractivity contribution < 1.29 is 14.7 Å². The molecule has 1 saturated heterocycles. The Bertz CT molecular complexity index is 250. The largest absolute Gasteiger partial charge is 0.480 e. The van der Waals surface area contributed by atoms with Crippen molar-refractivity contribution in [2.24, 2.45) is 11.3 Å². The van der Waals surface area contributed by atoms with E-state index in [1.165, 1.54) is 6.92 Å². The summed E-state index contributed by atoms with van der Waals surface area (Å²) in [4.78, 5) is 21.8. The first-order valence-electron chi connectivity index (χ1n) is 3.61. The molecule has 1 aliphatic carbocycles. The Labute approximate surface area is 63.6 Å². The zero-order valence-corrected chi connectivity index (χ0v) is 6.13. The normalized spacial score (nSPS) is 46.5. The van der Waals surface area contributed by atoms with Crippen LogP contribution in [0.1, 0.15) is 13.3 Å². The fraction of sp³-hybridized carbons (Fsp3) is 0.714. The molecule has 1 amide bonds. The molecule has 60 valence electrons. The topological polar surface area (TPSA) is 66.4 Å². The van der Waals surface area contributed by atoms with Crippen LogP contribution in [0.3, 0.4) is 0 Å². The van der Waals surface area contributed by atoms with E-state index in [4.69, 9.17) is 5.11 Å². The van der Waals surface area contributed by atoms with Crippen molar-refractivity contribution in [3.05, 3.63) is 0 Å². The van der Waals surface area contributed by atoms with Crippen LogP contribution in [0.4, 0.5) is 0 Å². The van der Waals surface area contributed by atoms with Crippen LogP contribution in [0.5, 0.6) is 0 Å². The Kier molecular flexibility index (Phi) is 0.948. The molecule has 2 N–H and O–H groups in total. The second-order valence-corrected chi connectivity index (χ2v) is 3.43. The summed E-state index contributed by atoms with van der Waals surface area (Å²) in [6.45, 7) is 1.50. The molecule has 0 spiro atoms. The summed E-state index contributed by atoms with van der Waals surface area (Å²) in [7, 11) is 0. The van der Waals surface area contributed by atoms with Crippen molar-refractivity contribution in [1.82, 2.24) is 5.32 Å². The van der Waals surface area contributed by atoms with E-state index >= 15 is 0 Å². The van der Waals surface area contributed by atoms with Gasteiger partial charge in [0.2, 0.25) is 5.91 Å². The maximum Gasteiger partial charge on any atom is 0.319 e. The van der Waals surface area contributed by atoms with Gasteiger partial charge in [0.25, 0.3) is 0 Å². The van der Waals surface area contributed by atoms with Crippen molar-refractivity contribution in [1.29, 1.82) is 0 Å². The lowest BCUT2D eigenvalue weighted by atomic mass is 9.86. The zero-order chi connectivity index (χ0) is 8.22. The first kappa shape index (κ1) is 6.64. The molecule has 1 heterocycles. The van der Waals surface area contributed by atoms with Crippen molar-refractivity contribution in [2.75, 3.05) is 0 Å². The third kappa shape index (κ3) is 0.593. The van der Waals surface area contributed by atoms with Gasteiger partial charge < -0.3 is 10.4 Å². The maximum atomic E-state index is 11.1. The highest BCUT2D eigenvalue weighted by atomic mass is 16.4. The molecule has 0 radical (unpaired) electrons. The lowest BCUT2D eigenvalue weighted by molar-refractivity contribution is -0.154. The van der Waals surface area contributed by atoms with Crippen LogP contribution in [-0.2, 0) is 9.59 Å². The number of carbonyl (C=O) groups is 2. The van der Waals surface area contributed by atoms with Crippen molar-refractivity contribution in [3.8, 4) is 0 Å². The molecule has 2 rings (SSSR count). The Balaban J connectivity index is 2.35. The van der Waals surface area contributed by atoms with Gasteiger partial charge in [-0.3, -0.25) is 9.59 Å². The molecule has 1 aliphatic heterocycles. The molecule has 0 bridgehead atoms. The van der Waals surface area contributed by atoms with E-state index in [2.05, 4.69) is 5.32 Å². The fourth-order valence-electron chi connectivity index (χ4n) is 1.74. The second kappa shape index (κ2) is 1.57. The quantitative estimate of drug-likeness (QED) is 0.506. The van der Waals surface area contributed by atoms with Gasteiger partial charge in [0, 0.05) is 12.0 Å². The predicted molar refractivity (Wildman–Crippen MR) is 35.8 cm³/mol. The Morgan fingerprint density at radius 2 is 2.45 bits per heavy atom. The van der Waals surface area contributed by atoms with Crippen LogP contribution in [-0.4, -0.2) is 23.0 Å². The lowest BCUT2D eigenvalue weighted by Crippen LogP contribution is -2.39. The molecule has 11 heavy (non-hydrogen) atoms. The van der Waals surface area contributed by atoms with Gasteiger partial charge in [-0.2, -0.15) is 0 Å². The molecule has 0 aromatic carbocycles. The molecular weight excluding hydrogens is 146 g/mol. The average molecular weight is 155 g/mol. The van der Waals surface area contributed by atoms with Crippen LogP contribution < -0.4 is 5.32 Å². The highest BCUT2D eigenvalue weighted by molar-refractivity contribution is 6.04. The Morgan fingerprint density at radius 1 is 1.82 bits per heavy atom. The standard InChI is InChI=1S/C7H9NO3/c1-7(6(10)11)3-2-4(3)8-5(7)9/h3-4H,2H2,1H3,(H,8,9)(H,10,11). The third-order valence-electron chi connectivity index (χ3n) is 2.76. The lowest BCUT2D eigenvalue weighted by Gasteiger charge is -2.16. The highest BCUT2D eigenvalue weighted by Gasteiger charge is 2.65.